The number of fused-ring (bicyclic) bond motifs is 1. The molecule has 0 saturated carbocycles. The maximum absolute atomic E-state index is 14.1. The van der Waals surface area contributed by atoms with Gasteiger partial charge in [0.05, 0.1) is 5.69 Å². The maximum Gasteiger partial charge on any atom is 0.311 e. The fraction of sp³-hybridized carbons (Fsp3) is 0.111. The Kier molecular flexibility index (Phi) is 4.87. The summed E-state index contributed by atoms with van der Waals surface area (Å²) in [5.74, 6) is -2.86. The van der Waals surface area contributed by atoms with E-state index in [1.54, 1.807) is 0 Å². The van der Waals surface area contributed by atoms with Crippen molar-refractivity contribution in [3.05, 3.63) is 70.3 Å². The molecule has 0 spiro atoms. The highest BCUT2D eigenvalue weighted by molar-refractivity contribution is 14.2. The van der Waals surface area contributed by atoms with Gasteiger partial charge in [-0.15, -0.1) is 0 Å². The molecule has 1 aromatic heterocycles. The largest absolute Gasteiger partial charge is 0.422 e. The molecule has 1 aliphatic rings. The molecular weight excluding hydrogens is 488 g/mol. The fourth-order valence-electron chi connectivity index (χ4n) is 2.60. The second-order valence-corrected chi connectivity index (χ2v) is 7.75. The summed E-state index contributed by atoms with van der Waals surface area (Å²) in [7, 11) is 0. The monoisotopic (exact) mass is 500 g/mol. The van der Waals surface area contributed by atoms with Gasteiger partial charge in [-0.3, -0.25) is 7.91 Å². The molecule has 0 bridgehead atoms. The van der Waals surface area contributed by atoms with E-state index in [-0.39, 0.29) is 17.4 Å². The highest BCUT2D eigenvalue weighted by Gasteiger charge is 2.26. The zero-order valence-corrected chi connectivity index (χ0v) is 16.5. The SMILES string of the molecule is CCN1I=Nc2c1nc(Oc1cccc(F)c1F)n(-c1ccc(F)cc1)c2=O. The molecule has 1 aliphatic heterocycles. The van der Waals surface area contributed by atoms with Crippen molar-refractivity contribution in [1.82, 2.24) is 9.55 Å². The van der Waals surface area contributed by atoms with Gasteiger partial charge < -0.3 is 4.74 Å². The number of halogens is 4. The second kappa shape index (κ2) is 7.34. The third-order valence-corrected chi connectivity index (χ3v) is 6.29. The molecule has 0 saturated heterocycles. The van der Waals surface area contributed by atoms with Gasteiger partial charge in [-0.25, -0.2) is 13.3 Å². The molecule has 0 N–H and O–H groups in total. The molecule has 0 unspecified atom stereocenters. The lowest BCUT2D eigenvalue weighted by atomic mass is 10.3. The van der Waals surface area contributed by atoms with Gasteiger partial charge in [-0.2, -0.15) is 12.5 Å². The number of hydrogen-bond donors (Lipinski definition) is 0. The van der Waals surface area contributed by atoms with Crippen LogP contribution in [0.5, 0.6) is 11.8 Å². The molecule has 0 fully saturated rings. The zero-order valence-electron chi connectivity index (χ0n) is 14.4. The lowest BCUT2D eigenvalue weighted by molar-refractivity contribution is 0.383. The van der Waals surface area contributed by atoms with Gasteiger partial charge in [-0.1, -0.05) is 6.07 Å². The average Bonchev–Trinajstić information content (AvgIpc) is 3.10. The predicted octanol–water partition coefficient (Wildman–Crippen LogP) is 4.98. The Hall–Kier alpha value is -2.76. The Morgan fingerprint density at radius 3 is 2.57 bits per heavy atom. The molecule has 0 radical (unpaired) electrons. The van der Waals surface area contributed by atoms with Crippen LogP contribution in [0.4, 0.5) is 24.7 Å². The maximum atomic E-state index is 14.1. The average molecular weight is 500 g/mol. The first-order valence-electron chi connectivity index (χ1n) is 8.17. The Labute approximate surface area is 167 Å². The normalized spacial score (nSPS) is 12.6. The summed E-state index contributed by atoms with van der Waals surface area (Å²) in [5.41, 5.74) is -0.0954. The molecule has 144 valence electrons. The van der Waals surface area contributed by atoms with Crippen LogP contribution in [0.15, 0.2) is 50.4 Å². The van der Waals surface area contributed by atoms with Gasteiger partial charge in [0.15, 0.2) is 23.1 Å². The van der Waals surface area contributed by atoms with E-state index in [0.717, 1.165) is 10.6 Å². The molecule has 2 aromatic carbocycles. The zero-order chi connectivity index (χ0) is 19.8. The minimum Gasteiger partial charge on any atom is -0.422 e. The number of anilines is 1. The minimum absolute atomic E-state index is 0.172. The summed E-state index contributed by atoms with van der Waals surface area (Å²) >= 11 is -0.810. The molecule has 28 heavy (non-hydrogen) atoms. The molecule has 10 heteroatoms. The molecular formula is C18H12F3IN4O2. The van der Waals surface area contributed by atoms with Crippen molar-refractivity contribution in [3.8, 4) is 17.4 Å². The third kappa shape index (κ3) is 3.17. The van der Waals surface area contributed by atoms with Crippen molar-refractivity contribution in [2.45, 2.75) is 6.92 Å². The van der Waals surface area contributed by atoms with Crippen LogP contribution in [-0.2, 0) is 0 Å². The van der Waals surface area contributed by atoms with Gasteiger partial charge >= 0.3 is 6.01 Å². The van der Waals surface area contributed by atoms with Crippen LogP contribution >= 0.6 is 21.3 Å². The van der Waals surface area contributed by atoms with Gasteiger partial charge in [-0.05, 0) is 43.3 Å². The van der Waals surface area contributed by atoms with E-state index in [1.807, 2.05) is 10.0 Å². The van der Waals surface area contributed by atoms with E-state index in [2.05, 4.69) is 8.13 Å². The number of hydrogen-bond acceptors (Lipinski definition) is 5. The van der Waals surface area contributed by atoms with Crippen LogP contribution in [0.2, 0.25) is 0 Å². The van der Waals surface area contributed by atoms with E-state index >= 15 is 0 Å². The third-order valence-electron chi connectivity index (χ3n) is 3.93. The van der Waals surface area contributed by atoms with Crippen molar-refractivity contribution >= 4 is 32.8 Å². The van der Waals surface area contributed by atoms with E-state index in [4.69, 9.17) is 4.74 Å². The van der Waals surface area contributed by atoms with Crippen molar-refractivity contribution < 1.29 is 17.9 Å². The van der Waals surface area contributed by atoms with Crippen LogP contribution in [0.1, 0.15) is 6.92 Å². The Morgan fingerprint density at radius 2 is 1.86 bits per heavy atom. The van der Waals surface area contributed by atoms with Crippen LogP contribution < -0.4 is 13.4 Å². The van der Waals surface area contributed by atoms with E-state index in [0.29, 0.717) is 12.4 Å². The first-order valence-corrected chi connectivity index (χ1v) is 10.1. The summed E-state index contributed by atoms with van der Waals surface area (Å²) in [6, 6.07) is 8.26. The number of nitrogens with zero attached hydrogens (tertiary/aromatic N) is 4. The summed E-state index contributed by atoms with van der Waals surface area (Å²) in [6.45, 7) is 2.48. The fourth-order valence-corrected chi connectivity index (χ4v) is 4.34. The lowest BCUT2D eigenvalue weighted by Gasteiger charge is -2.16. The topological polar surface area (TPSA) is 59.7 Å². The number of ether oxygens (including phenoxy) is 1. The van der Waals surface area contributed by atoms with Crippen molar-refractivity contribution in [2.75, 3.05) is 9.66 Å². The standard InChI is InChI=1S/C18H12F3IN4O2/c1-2-25-16-15(24-22-25)17(27)26(11-8-6-10(19)7-9-11)18(23-16)28-13-5-3-4-12(20)14(13)21/h3-9H,2H2,1H3. The minimum atomic E-state index is -1.20. The van der Waals surface area contributed by atoms with Crippen molar-refractivity contribution in [2.24, 2.45) is 3.15 Å². The molecule has 6 nitrogen and oxygen atoms in total. The summed E-state index contributed by atoms with van der Waals surface area (Å²) in [4.78, 5) is 17.4. The summed E-state index contributed by atoms with van der Waals surface area (Å²) in [6.07, 6.45) is 0. The van der Waals surface area contributed by atoms with Crippen LogP contribution in [0, 0.1) is 17.5 Å². The van der Waals surface area contributed by atoms with Gasteiger partial charge in [0.1, 0.15) is 27.1 Å². The number of rotatable bonds is 4. The van der Waals surface area contributed by atoms with E-state index in [1.165, 1.54) is 36.4 Å². The van der Waals surface area contributed by atoms with E-state index in [9.17, 15) is 18.0 Å². The smallest absolute Gasteiger partial charge is 0.311 e. The van der Waals surface area contributed by atoms with Crippen LogP contribution in [0.25, 0.3) is 5.69 Å². The molecule has 0 aliphatic carbocycles. The Morgan fingerprint density at radius 1 is 1.11 bits per heavy atom. The van der Waals surface area contributed by atoms with Gasteiger partial charge in [0, 0.05) is 6.54 Å². The molecule has 4 rings (SSSR count). The quantitative estimate of drug-likeness (QED) is 0.375. The van der Waals surface area contributed by atoms with Crippen LogP contribution in [-0.4, -0.2) is 16.1 Å². The highest BCUT2D eigenvalue weighted by atomic mass is 127. The number of aromatic nitrogens is 2. The Bertz CT molecular complexity index is 1150. The highest BCUT2D eigenvalue weighted by Crippen LogP contribution is 2.40. The Balaban J connectivity index is 1.93. The van der Waals surface area contributed by atoms with Crippen molar-refractivity contribution in [1.29, 1.82) is 0 Å². The predicted molar refractivity (Wildman–Crippen MR) is 105 cm³/mol. The first kappa shape index (κ1) is 18.6. The molecule has 0 atom stereocenters. The van der Waals surface area contributed by atoms with Crippen LogP contribution in [0.3, 0.4) is 0 Å². The summed E-state index contributed by atoms with van der Waals surface area (Å²) < 4.78 is 53.7. The van der Waals surface area contributed by atoms with Gasteiger partial charge in [0.25, 0.3) is 5.56 Å². The lowest BCUT2D eigenvalue weighted by Crippen LogP contribution is -2.23. The second-order valence-electron chi connectivity index (χ2n) is 5.68. The van der Waals surface area contributed by atoms with Gasteiger partial charge in [0.2, 0.25) is 5.82 Å². The van der Waals surface area contributed by atoms with E-state index < -0.39 is 50.1 Å². The molecule has 3 aromatic rings. The molecule has 2 heterocycles. The molecule has 0 amide bonds. The summed E-state index contributed by atoms with van der Waals surface area (Å²) in [5, 5.41) is 0. The number of benzene rings is 2. The van der Waals surface area contributed by atoms with Crippen molar-refractivity contribution in [3.63, 3.8) is 0 Å². The first-order chi connectivity index (χ1) is 13.5.